The molecule has 0 N–H and O–H groups in total. The third-order valence-electron chi connectivity index (χ3n) is 1.26. The highest BCUT2D eigenvalue weighted by Gasteiger charge is 1.91. The van der Waals surface area contributed by atoms with Gasteiger partial charge in [0.2, 0.25) is 0 Å². The van der Waals surface area contributed by atoms with Crippen LogP contribution in [0.2, 0.25) is 0 Å². The van der Waals surface area contributed by atoms with Gasteiger partial charge in [0.05, 0.1) is 0 Å². The van der Waals surface area contributed by atoms with Crippen molar-refractivity contribution in [2.45, 2.75) is 13.3 Å². The molecule has 0 aromatic rings. The molecule has 0 amide bonds. The zero-order valence-electron chi connectivity index (χ0n) is 6.00. The van der Waals surface area contributed by atoms with Crippen molar-refractivity contribution in [2.75, 3.05) is 0 Å². The molecule has 0 fully saturated rings. The number of ketones is 1. The minimum atomic E-state index is 0.103. The van der Waals surface area contributed by atoms with Crippen molar-refractivity contribution in [3.05, 3.63) is 36.0 Å². The fourth-order valence-electron chi connectivity index (χ4n) is 0.873. The third kappa shape index (κ3) is 2.02. The average molecular weight is 134 g/mol. The molecule has 0 bridgehead atoms. The minimum Gasteiger partial charge on any atom is -0.295 e. The molecule has 0 aliphatic heterocycles. The summed E-state index contributed by atoms with van der Waals surface area (Å²) >= 11 is 0. The predicted molar refractivity (Wildman–Crippen MR) is 41.7 cm³/mol. The number of carbonyl (C=O) groups excluding carboxylic acids is 1. The lowest BCUT2D eigenvalue weighted by Crippen LogP contribution is -1.85. The van der Waals surface area contributed by atoms with Crippen LogP contribution in [0.1, 0.15) is 13.3 Å². The Morgan fingerprint density at radius 2 is 2.10 bits per heavy atom. The summed E-state index contributed by atoms with van der Waals surface area (Å²) in [4.78, 5) is 10.6. The molecule has 0 saturated carbocycles. The summed E-state index contributed by atoms with van der Waals surface area (Å²) in [5.74, 6) is 0.103. The van der Waals surface area contributed by atoms with Crippen LogP contribution in [0.15, 0.2) is 36.0 Å². The van der Waals surface area contributed by atoms with Gasteiger partial charge >= 0.3 is 0 Å². The Labute approximate surface area is 60.7 Å². The molecule has 0 aromatic heterocycles. The number of hydrogen-bond donors (Lipinski definition) is 0. The van der Waals surface area contributed by atoms with Crippen molar-refractivity contribution in [3.63, 3.8) is 0 Å². The lowest BCUT2D eigenvalue weighted by molar-refractivity contribution is -0.112. The van der Waals surface area contributed by atoms with Crippen LogP contribution in [0.25, 0.3) is 0 Å². The van der Waals surface area contributed by atoms with E-state index in [9.17, 15) is 4.79 Å². The van der Waals surface area contributed by atoms with Gasteiger partial charge in [0.15, 0.2) is 5.78 Å². The lowest BCUT2D eigenvalue weighted by Gasteiger charge is -1.96. The largest absolute Gasteiger partial charge is 0.295 e. The van der Waals surface area contributed by atoms with Crippen LogP contribution in [-0.2, 0) is 4.79 Å². The van der Waals surface area contributed by atoms with Crippen LogP contribution in [0.5, 0.6) is 0 Å². The molecular weight excluding hydrogens is 124 g/mol. The molecule has 0 unspecified atom stereocenters. The van der Waals surface area contributed by atoms with Crippen molar-refractivity contribution in [3.8, 4) is 0 Å². The molecular formula is C9H10O. The Hall–Kier alpha value is -1.11. The van der Waals surface area contributed by atoms with Crippen molar-refractivity contribution in [2.24, 2.45) is 0 Å². The minimum absolute atomic E-state index is 0.103. The third-order valence-corrected chi connectivity index (χ3v) is 1.26. The smallest absolute Gasteiger partial charge is 0.153 e. The molecule has 1 heteroatoms. The van der Waals surface area contributed by atoms with Gasteiger partial charge < -0.3 is 0 Å². The Balaban J connectivity index is 2.71. The second kappa shape index (κ2) is 3.16. The van der Waals surface area contributed by atoms with Crippen LogP contribution in [0.3, 0.4) is 0 Å². The summed E-state index contributed by atoms with van der Waals surface area (Å²) in [7, 11) is 0. The van der Waals surface area contributed by atoms with Crippen molar-refractivity contribution >= 4 is 5.78 Å². The van der Waals surface area contributed by atoms with Crippen molar-refractivity contribution < 1.29 is 4.79 Å². The van der Waals surface area contributed by atoms with Crippen LogP contribution in [-0.4, -0.2) is 5.78 Å². The Morgan fingerprint density at radius 1 is 1.50 bits per heavy atom. The predicted octanol–water partition coefficient (Wildman–Crippen LogP) is 2.02. The molecule has 0 aromatic carbocycles. The first-order valence-electron chi connectivity index (χ1n) is 3.34. The maximum absolute atomic E-state index is 10.6. The van der Waals surface area contributed by atoms with E-state index in [0.29, 0.717) is 0 Å². The summed E-state index contributed by atoms with van der Waals surface area (Å²) in [5, 5.41) is 0. The van der Waals surface area contributed by atoms with Gasteiger partial charge in [0.25, 0.3) is 0 Å². The molecule has 10 heavy (non-hydrogen) atoms. The van der Waals surface area contributed by atoms with Gasteiger partial charge in [-0.15, -0.1) is 0 Å². The molecule has 1 nitrogen and oxygen atoms in total. The first-order valence-corrected chi connectivity index (χ1v) is 3.34. The second-order valence-corrected chi connectivity index (χ2v) is 2.30. The van der Waals surface area contributed by atoms with E-state index in [1.807, 2.05) is 24.3 Å². The van der Waals surface area contributed by atoms with Gasteiger partial charge in [-0.3, -0.25) is 4.79 Å². The quantitative estimate of drug-likeness (QED) is 0.501. The number of carbonyl (C=O) groups is 1. The van der Waals surface area contributed by atoms with E-state index in [0.717, 1.165) is 12.0 Å². The highest BCUT2D eigenvalue weighted by Crippen LogP contribution is 2.06. The highest BCUT2D eigenvalue weighted by molar-refractivity contribution is 5.89. The fraction of sp³-hybridized carbons (Fsp3) is 0.222. The summed E-state index contributed by atoms with van der Waals surface area (Å²) in [5.41, 5.74) is 0.999. The molecule has 0 heterocycles. The van der Waals surface area contributed by atoms with Crippen LogP contribution >= 0.6 is 0 Å². The monoisotopic (exact) mass is 134 g/mol. The summed E-state index contributed by atoms with van der Waals surface area (Å²) in [6.07, 6.45) is 10.6. The Bertz CT molecular complexity index is 205. The highest BCUT2D eigenvalue weighted by atomic mass is 16.1. The average Bonchev–Trinajstić information content (AvgIpc) is 1.88. The van der Waals surface area contributed by atoms with Crippen LogP contribution in [0, 0.1) is 0 Å². The van der Waals surface area contributed by atoms with E-state index in [-0.39, 0.29) is 5.78 Å². The standard InChI is InChI=1S/C9H10O/c1-8(10)7-9-5-3-2-4-6-9/h3-7H,2H2,1H3. The van der Waals surface area contributed by atoms with E-state index < -0.39 is 0 Å². The number of hydrogen-bond acceptors (Lipinski definition) is 1. The Kier molecular flexibility index (Phi) is 2.21. The molecule has 0 saturated heterocycles. The molecule has 52 valence electrons. The van der Waals surface area contributed by atoms with Gasteiger partial charge in [-0.2, -0.15) is 0 Å². The Morgan fingerprint density at radius 3 is 2.60 bits per heavy atom. The molecule has 1 aliphatic carbocycles. The second-order valence-electron chi connectivity index (χ2n) is 2.30. The topological polar surface area (TPSA) is 17.1 Å². The van der Waals surface area contributed by atoms with E-state index >= 15 is 0 Å². The number of rotatable bonds is 1. The number of allylic oxidation sites excluding steroid dienone is 6. The summed E-state index contributed by atoms with van der Waals surface area (Å²) < 4.78 is 0. The fourth-order valence-corrected chi connectivity index (χ4v) is 0.873. The van der Waals surface area contributed by atoms with E-state index in [1.54, 1.807) is 13.0 Å². The van der Waals surface area contributed by atoms with Crippen molar-refractivity contribution in [1.29, 1.82) is 0 Å². The lowest BCUT2D eigenvalue weighted by atomic mass is 10.1. The SMILES string of the molecule is CC(=O)C=C1C=CCC=C1. The van der Waals surface area contributed by atoms with Crippen molar-refractivity contribution in [1.82, 2.24) is 0 Å². The van der Waals surface area contributed by atoms with E-state index in [4.69, 9.17) is 0 Å². The molecule has 0 spiro atoms. The summed E-state index contributed by atoms with van der Waals surface area (Å²) in [6.45, 7) is 1.56. The zero-order chi connectivity index (χ0) is 7.40. The van der Waals surface area contributed by atoms with Gasteiger partial charge in [-0.1, -0.05) is 24.3 Å². The first-order chi connectivity index (χ1) is 4.79. The molecule has 1 aliphatic rings. The van der Waals surface area contributed by atoms with Gasteiger partial charge in [0.1, 0.15) is 0 Å². The molecule has 0 atom stereocenters. The van der Waals surface area contributed by atoms with Gasteiger partial charge in [0, 0.05) is 0 Å². The van der Waals surface area contributed by atoms with Gasteiger partial charge in [-0.25, -0.2) is 0 Å². The molecule has 0 radical (unpaired) electrons. The van der Waals surface area contributed by atoms with E-state index in [2.05, 4.69) is 0 Å². The van der Waals surface area contributed by atoms with Gasteiger partial charge in [-0.05, 0) is 25.0 Å². The summed E-state index contributed by atoms with van der Waals surface area (Å²) in [6, 6.07) is 0. The zero-order valence-corrected chi connectivity index (χ0v) is 6.00. The van der Waals surface area contributed by atoms with E-state index in [1.165, 1.54) is 0 Å². The van der Waals surface area contributed by atoms with Crippen LogP contribution < -0.4 is 0 Å². The maximum atomic E-state index is 10.6. The molecule has 1 rings (SSSR count). The normalized spacial score (nSPS) is 15.5. The maximum Gasteiger partial charge on any atom is 0.153 e. The first kappa shape index (κ1) is 7.00. The van der Waals surface area contributed by atoms with Crippen LogP contribution in [0.4, 0.5) is 0 Å².